The van der Waals surface area contributed by atoms with Crippen molar-refractivity contribution in [2.24, 2.45) is 16.6 Å². The lowest BCUT2D eigenvalue weighted by molar-refractivity contribution is -0.198. The first-order chi connectivity index (χ1) is 15.2. The van der Waals surface area contributed by atoms with Crippen LogP contribution in [0.5, 0.6) is 5.75 Å². The van der Waals surface area contributed by atoms with Crippen molar-refractivity contribution in [3.05, 3.63) is 53.6 Å². The number of hydrogen-bond acceptors (Lipinski definition) is 6. The Hall–Kier alpha value is -2.71. The molecule has 1 saturated heterocycles. The van der Waals surface area contributed by atoms with Crippen molar-refractivity contribution >= 4 is 5.96 Å². The second-order valence-electron chi connectivity index (χ2n) is 9.40. The minimum absolute atomic E-state index is 0.148. The van der Waals surface area contributed by atoms with Crippen LogP contribution in [0.15, 0.2) is 41.4 Å². The molecule has 1 unspecified atom stereocenters. The van der Waals surface area contributed by atoms with Crippen LogP contribution in [0.3, 0.4) is 0 Å². The van der Waals surface area contributed by atoms with Gasteiger partial charge >= 0.3 is 0 Å². The third-order valence-electron chi connectivity index (χ3n) is 6.56. The van der Waals surface area contributed by atoms with Gasteiger partial charge < -0.3 is 15.2 Å². The van der Waals surface area contributed by atoms with Crippen molar-refractivity contribution in [3.8, 4) is 16.9 Å². The number of hydrogen-bond donors (Lipinski definition) is 1. The highest BCUT2D eigenvalue weighted by Crippen LogP contribution is 2.50. The van der Waals surface area contributed by atoms with Gasteiger partial charge in [-0.3, -0.25) is 0 Å². The molecule has 1 fully saturated rings. The molecule has 2 aromatic carbocycles. The summed E-state index contributed by atoms with van der Waals surface area (Å²) in [6, 6.07) is 8.66. The first-order valence-corrected chi connectivity index (χ1v) is 10.8. The number of aliphatic imine (C=N–C) groups is 1. The van der Waals surface area contributed by atoms with Gasteiger partial charge in [0.05, 0.1) is 11.2 Å². The predicted molar refractivity (Wildman–Crippen MR) is 116 cm³/mol. The van der Waals surface area contributed by atoms with E-state index in [0.29, 0.717) is 29.9 Å². The fourth-order valence-electron chi connectivity index (χ4n) is 5.01. The number of guanidine groups is 1. The molecule has 3 atom stereocenters. The van der Waals surface area contributed by atoms with Crippen LogP contribution in [0.2, 0.25) is 0 Å². The van der Waals surface area contributed by atoms with Crippen molar-refractivity contribution in [2.45, 2.75) is 50.5 Å². The molecular formula is C24H27F2N3O3. The summed E-state index contributed by atoms with van der Waals surface area (Å²) < 4.78 is 40.6. The fraction of sp³-hybridized carbons (Fsp3) is 0.458. The van der Waals surface area contributed by atoms with Crippen LogP contribution in [-0.4, -0.2) is 36.4 Å². The molecule has 3 aliphatic heterocycles. The molecule has 0 bridgehead atoms. The van der Waals surface area contributed by atoms with Crippen molar-refractivity contribution in [3.63, 3.8) is 0 Å². The van der Waals surface area contributed by atoms with Crippen LogP contribution in [0.1, 0.15) is 38.7 Å². The number of nitrogens with two attached hydrogens (primary N) is 1. The van der Waals surface area contributed by atoms with E-state index in [4.69, 9.17) is 20.0 Å². The molecular weight excluding hydrogens is 416 g/mol. The van der Waals surface area contributed by atoms with Crippen molar-refractivity contribution in [1.29, 1.82) is 0 Å². The van der Waals surface area contributed by atoms with E-state index in [2.05, 4.69) is 18.8 Å². The van der Waals surface area contributed by atoms with Crippen molar-refractivity contribution < 1.29 is 23.1 Å². The Bertz CT molecular complexity index is 1090. The van der Waals surface area contributed by atoms with Gasteiger partial charge in [-0.05, 0) is 62.6 Å². The lowest BCUT2D eigenvalue weighted by Gasteiger charge is -2.44. The minimum Gasteiger partial charge on any atom is -0.489 e. The summed E-state index contributed by atoms with van der Waals surface area (Å²) in [6.45, 7) is 4.84. The normalized spacial score (nSPS) is 28.9. The molecule has 0 amide bonds. The average Bonchev–Trinajstić information content (AvgIpc) is 3.02. The second kappa shape index (κ2) is 7.42. The van der Waals surface area contributed by atoms with E-state index in [-0.39, 0.29) is 29.1 Å². The summed E-state index contributed by atoms with van der Waals surface area (Å²) in [7, 11) is 1.70. The number of rotatable bonds is 2. The van der Waals surface area contributed by atoms with Gasteiger partial charge in [0.1, 0.15) is 23.5 Å². The number of hydroxylamine groups is 2. The number of halogens is 2. The molecule has 0 radical (unpaired) electrons. The molecule has 0 aliphatic carbocycles. The molecule has 5 rings (SSSR count). The number of ether oxygens (including phenoxy) is 2. The van der Waals surface area contributed by atoms with Gasteiger partial charge in [-0.15, -0.1) is 0 Å². The Morgan fingerprint density at radius 2 is 1.94 bits per heavy atom. The Kier molecular flexibility index (Phi) is 4.90. The van der Waals surface area contributed by atoms with Gasteiger partial charge in [0.25, 0.3) is 0 Å². The SMILES string of the molecule is CN1OC2(C[C@H]([C@@H]3CCOC(C)(C)C3)Oc3ccc(-c4cc(F)ccc4F)cc32)N=C1N. The lowest BCUT2D eigenvalue weighted by atomic mass is 9.79. The highest BCUT2D eigenvalue weighted by molar-refractivity contribution is 5.79. The lowest BCUT2D eigenvalue weighted by Crippen LogP contribution is -2.46. The van der Waals surface area contributed by atoms with Crippen LogP contribution >= 0.6 is 0 Å². The van der Waals surface area contributed by atoms with Crippen LogP contribution in [0.4, 0.5) is 8.78 Å². The third-order valence-corrected chi connectivity index (χ3v) is 6.56. The molecule has 170 valence electrons. The van der Waals surface area contributed by atoms with E-state index in [1.165, 1.54) is 11.1 Å². The highest BCUT2D eigenvalue weighted by atomic mass is 19.1. The zero-order valence-corrected chi connectivity index (χ0v) is 18.4. The van der Waals surface area contributed by atoms with E-state index < -0.39 is 17.4 Å². The van der Waals surface area contributed by atoms with E-state index in [1.807, 2.05) is 0 Å². The molecule has 32 heavy (non-hydrogen) atoms. The van der Waals surface area contributed by atoms with Gasteiger partial charge in [-0.2, -0.15) is 0 Å². The Morgan fingerprint density at radius 1 is 1.12 bits per heavy atom. The fourth-order valence-corrected chi connectivity index (χ4v) is 5.01. The quantitative estimate of drug-likeness (QED) is 0.748. The molecule has 6 nitrogen and oxygen atoms in total. The van der Waals surface area contributed by atoms with E-state index in [0.717, 1.165) is 25.0 Å². The molecule has 3 heterocycles. The van der Waals surface area contributed by atoms with Crippen LogP contribution in [0.25, 0.3) is 11.1 Å². The Morgan fingerprint density at radius 3 is 2.66 bits per heavy atom. The minimum atomic E-state index is -1.08. The number of nitrogens with zero attached hydrogens (tertiary/aromatic N) is 2. The Balaban J connectivity index is 1.58. The molecule has 0 saturated carbocycles. The second-order valence-corrected chi connectivity index (χ2v) is 9.40. The van der Waals surface area contributed by atoms with Crippen molar-refractivity contribution in [1.82, 2.24) is 5.06 Å². The first kappa shape index (κ1) is 21.2. The first-order valence-electron chi connectivity index (χ1n) is 10.8. The molecule has 0 aromatic heterocycles. The predicted octanol–water partition coefficient (Wildman–Crippen LogP) is 4.33. The maximum Gasteiger partial charge on any atom is 0.221 e. The molecule has 2 aromatic rings. The van der Waals surface area contributed by atoms with E-state index in [9.17, 15) is 8.78 Å². The zero-order valence-electron chi connectivity index (χ0n) is 18.4. The zero-order chi connectivity index (χ0) is 22.7. The van der Waals surface area contributed by atoms with Gasteiger partial charge in [0, 0.05) is 31.6 Å². The standard InChI is InChI=1S/C24H27F2N3O3/c1-23(2)12-15(8-9-30-23)21-13-24(28-22(27)29(3)32-24)18-10-14(4-7-20(18)31-21)17-11-16(25)5-6-19(17)26/h4-7,10-11,15,21H,8-9,12-13H2,1-3H3,(H2,27,28)/t15-,21-,24?/m1/s1. The third kappa shape index (κ3) is 3.61. The molecule has 1 spiro atoms. The largest absolute Gasteiger partial charge is 0.489 e. The topological polar surface area (TPSA) is 69.3 Å². The summed E-state index contributed by atoms with van der Waals surface area (Å²) in [5, 5.41) is 1.44. The van der Waals surface area contributed by atoms with E-state index >= 15 is 0 Å². The summed E-state index contributed by atoms with van der Waals surface area (Å²) in [5.41, 5.74) is 6.10. The van der Waals surface area contributed by atoms with Crippen LogP contribution in [0, 0.1) is 17.6 Å². The smallest absolute Gasteiger partial charge is 0.221 e. The van der Waals surface area contributed by atoms with Gasteiger partial charge in [-0.1, -0.05) is 6.07 Å². The number of benzene rings is 2. The monoisotopic (exact) mass is 443 g/mol. The maximum atomic E-state index is 14.5. The molecule has 8 heteroatoms. The molecule has 2 N–H and O–H groups in total. The highest BCUT2D eigenvalue weighted by Gasteiger charge is 2.51. The summed E-state index contributed by atoms with van der Waals surface area (Å²) in [6.07, 6.45) is 2.04. The van der Waals surface area contributed by atoms with Crippen LogP contribution < -0.4 is 10.5 Å². The number of fused-ring (bicyclic) bond motifs is 2. The average molecular weight is 443 g/mol. The van der Waals surface area contributed by atoms with Gasteiger partial charge in [0.2, 0.25) is 11.7 Å². The van der Waals surface area contributed by atoms with E-state index in [1.54, 1.807) is 25.2 Å². The summed E-state index contributed by atoms with van der Waals surface area (Å²) in [5.74, 6) is 0.109. The van der Waals surface area contributed by atoms with Crippen molar-refractivity contribution in [2.75, 3.05) is 13.7 Å². The van der Waals surface area contributed by atoms with Crippen LogP contribution in [-0.2, 0) is 15.3 Å². The van der Waals surface area contributed by atoms with Gasteiger partial charge in [-0.25, -0.2) is 23.7 Å². The molecule has 3 aliphatic rings. The Labute approximate surface area is 185 Å². The maximum absolute atomic E-state index is 14.5. The summed E-state index contributed by atoms with van der Waals surface area (Å²) in [4.78, 5) is 10.8. The van der Waals surface area contributed by atoms with Gasteiger partial charge in [0.15, 0.2) is 0 Å². The summed E-state index contributed by atoms with van der Waals surface area (Å²) >= 11 is 0.